The summed E-state index contributed by atoms with van der Waals surface area (Å²) in [4.78, 5) is 61.6. The second-order valence-corrected chi connectivity index (χ2v) is 17.0. The van der Waals surface area contributed by atoms with Crippen LogP contribution in [0.25, 0.3) is 0 Å². The smallest absolute Gasteiger partial charge is 0.245 e. The van der Waals surface area contributed by atoms with Crippen molar-refractivity contribution in [1.82, 2.24) is 25.3 Å². The number of carbonyl (C=O) groups is 4. The lowest BCUT2D eigenvalue weighted by Gasteiger charge is -2.44. The van der Waals surface area contributed by atoms with Gasteiger partial charge in [0.05, 0.1) is 61.4 Å². The number of nitrogens with zero attached hydrogens (tertiary/aromatic N) is 4. The number of rotatable bonds is 22. The first-order chi connectivity index (χ1) is 27.2. The highest BCUT2D eigenvalue weighted by atomic mass is 16.5. The van der Waals surface area contributed by atoms with E-state index >= 15 is 0 Å². The van der Waals surface area contributed by atoms with E-state index in [1.807, 2.05) is 67.5 Å². The number of benzene rings is 1. The van der Waals surface area contributed by atoms with E-state index in [9.17, 15) is 24.4 Å². The van der Waals surface area contributed by atoms with Crippen molar-refractivity contribution in [2.75, 3.05) is 56.1 Å². The summed E-state index contributed by atoms with van der Waals surface area (Å²) in [6.07, 6.45) is -0.752. The number of nitrogens with one attached hydrogen (secondary N) is 2. The van der Waals surface area contributed by atoms with Crippen LogP contribution in [0.15, 0.2) is 29.4 Å². The van der Waals surface area contributed by atoms with Gasteiger partial charge in [0.1, 0.15) is 17.5 Å². The number of carbonyl (C=O) groups excluding carboxylic acids is 4. The summed E-state index contributed by atoms with van der Waals surface area (Å²) in [5, 5.41) is 19.4. The third-order valence-corrected chi connectivity index (χ3v) is 12.0. The van der Waals surface area contributed by atoms with E-state index in [2.05, 4.69) is 15.8 Å². The van der Waals surface area contributed by atoms with Gasteiger partial charge in [0.15, 0.2) is 0 Å². The van der Waals surface area contributed by atoms with Gasteiger partial charge in [-0.25, -0.2) is 0 Å². The fraction of sp³-hybridized carbons (Fsp3) is 0.744. The molecule has 330 valence electrons. The molecule has 1 aromatic rings. The quantitative estimate of drug-likeness (QED) is 0.0882. The van der Waals surface area contributed by atoms with E-state index in [1.54, 1.807) is 69.2 Å². The minimum atomic E-state index is -0.981. The zero-order valence-electron chi connectivity index (χ0n) is 38.0. The molecule has 0 spiro atoms. The maximum Gasteiger partial charge on any atom is 0.245 e. The van der Waals surface area contributed by atoms with Crippen LogP contribution in [0.1, 0.15) is 87.1 Å². The second-order valence-electron chi connectivity index (χ2n) is 17.0. The predicted octanol–water partition coefficient (Wildman–Crippen LogP) is 4.04. The molecule has 2 rings (SSSR count). The van der Waals surface area contributed by atoms with E-state index in [0.717, 1.165) is 0 Å². The van der Waals surface area contributed by atoms with Crippen LogP contribution in [0.4, 0.5) is 0 Å². The number of oxime groups is 1. The number of hydrogen-bond donors (Lipinski definition) is 3. The highest BCUT2D eigenvalue weighted by Gasteiger charge is 2.53. The van der Waals surface area contributed by atoms with E-state index in [-0.39, 0.29) is 66.2 Å². The van der Waals surface area contributed by atoms with Gasteiger partial charge in [-0.2, -0.15) is 0 Å². The van der Waals surface area contributed by atoms with Crippen molar-refractivity contribution in [2.45, 2.75) is 130 Å². The van der Waals surface area contributed by atoms with Crippen LogP contribution < -0.4 is 15.4 Å². The van der Waals surface area contributed by atoms with Crippen LogP contribution in [-0.4, -0.2) is 153 Å². The van der Waals surface area contributed by atoms with Crippen molar-refractivity contribution in [3.8, 4) is 5.75 Å². The van der Waals surface area contributed by atoms with Crippen LogP contribution in [0.5, 0.6) is 5.75 Å². The van der Waals surface area contributed by atoms with Crippen LogP contribution in [0.2, 0.25) is 0 Å². The summed E-state index contributed by atoms with van der Waals surface area (Å²) < 4.78 is 23.3. The molecule has 1 unspecified atom stereocenters. The summed E-state index contributed by atoms with van der Waals surface area (Å²) in [5.41, 5.74) is -0.152. The lowest BCUT2D eigenvalue weighted by atomic mass is 9.82. The average molecular weight is 819 g/mol. The van der Waals surface area contributed by atoms with E-state index in [1.165, 1.54) is 14.2 Å². The highest BCUT2D eigenvalue weighted by Crippen LogP contribution is 2.39. The lowest BCUT2D eigenvalue weighted by molar-refractivity contribution is -0.152. The van der Waals surface area contributed by atoms with Crippen molar-refractivity contribution >= 4 is 29.3 Å². The molecular formula is C43H74N6O9. The molecule has 0 aliphatic carbocycles. The van der Waals surface area contributed by atoms with Crippen molar-refractivity contribution in [1.29, 1.82) is 0 Å². The summed E-state index contributed by atoms with van der Waals surface area (Å²) in [5.74, 6) is -1.51. The van der Waals surface area contributed by atoms with E-state index < -0.39 is 47.8 Å². The van der Waals surface area contributed by atoms with Crippen molar-refractivity contribution in [3.63, 3.8) is 0 Å². The topological polar surface area (TPSA) is 172 Å². The molecule has 10 atom stereocenters. The molecule has 1 aliphatic rings. The number of methoxy groups -OCH3 is 4. The van der Waals surface area contributed by atoms with Crippen molar-refractivity contribution in [3.05, 3.63) is 29.8 Å². The first-order valence-corrected chi connectivity index (χ1v) is 20.5. The Morgan fingerprint density at radius 3 is 2.07 bits per heavy atom. The molecule has 1 saturated heterocycles. The third-order valence-electron chi connectivity index (χ3n) is 12.0. The molecule has 3 N–H and O–H groups in total. The van der Waals surface area contributed by atoms with Crippen molar-refractivity contribution < 1.29 is 43.3 Å². The van der Waals surface area contributed by atoms with Gasteiger partial charge < -0.3 is 44.6 Å². The van der Waals surface area contributed by atoms with Gasteiger partial charge in [0, 0.05) is 46.9 Å². The van der Waals surface area contributed by atoms with Gasteiger partial charge in [0.25, 0.3) is 0 Å². The molecular weight excluding hydrogens is 745 g/mol. The van der Waals surface area contributed by atoms with Crippen LogP contribution in [0, 0.1) is 23.7 Å². The molecule has 1 heterocycles. The Morgan fingerprint density at radius 2 is 1.59 bits per heavy atom. The van der Waals surface area contributed by atoms with E-state index in [4.69, 9.17) is 18.9 Å². The summed E-state index contributed by atoms with van der Waals surface area (Å²) in [6, 6.07) is 4.61. The molecule has 1 fully saturated rings. The molecule has 0 radical (unpaired) electrons. The lowest BCUT2D eigenvalue weighted by Crippen LogP contribution is -2.61. The van der Waals surface area contributed by atoms with Crippen LogP contribution in [0.3, 0.4) is 0 Å². The number of ether oxygens (including phenoxy) is 4. The normalized spacial score (nSPS) is 21.5. The second kappa shape index (κ2) is 22.5. The molecule has 58 heavy (non-hydrogen) atoms. The van der Waals surface area contributed by atoms with Gasteiger partial charge in [-0.1, -0.05) is 72.2 Å². The molecule has 15 nitrogen and oxygen atoms in total. The molecule has 1 aromatic carbocycles. The largest absolute Gasteiger partial charge is 0.497 e. The zero-order valence-corrected chi connectivity index (χ0v) is 38.0. The molecule has 4 amide bonds. The molecule has 0 aromatic heterocycles. The van der Waals surface area contributed by atoms with Crippen LogP contribution in [-0.2, 0) is 33.4 Å². The SMILES string of the molecule is CCC(C)[C@@H]([C@@H](CC(=O)N1C[C@H](OC)C[C@@]1(C)[C@H](OC)[C@@H](C)C(=O)N[C@H](C)/C(=N/O)c1cccc(OC)c1)OC)N(C)C(=O)[C@@H](NC(=O)[C@H](C(C)C)N(C)C)C(C)C. The molecule has 0 bridgehead atoms. The van der Waals surface area contributed by atoms with Gasteiger partial charge in [-0.15, -0.1) is 0 Å². The zero-order chi connectivity index (χ0) is 44.2. The first-order valence-electron chi connectivity index (χ1n) is 20.5. The van der Waals surface area contributed by atoms with Gasteiger partial charge in [0.2, 0.25) is 23.6 Å². The minimum Gasteiger partial charge on any atom is -0.497 e. The number of likely N-dealkylation sites (tertiary alicyclic amines) is 1. The Balaban J connectivity index is 2.42. The Bertz CT molecular complexity index is 1530. The third kappa shape index (κ3) is 11.9. The Kier molecular flexibility index (Phi) is 19.6. The maximum atomic E-state index is 14.6. The van der Waals surface area contributed by atoms with Gasteiger partial charge in [-0.3, -0.25) is 24.1 Å². The summed E-state index contributed by atoms with van der Waals surface area (Å²) in [7, 11) is 11.6. The number of amides is 4. The fourth-order valence-electron chi connectivity index (χ4n) is 8.70. The Hall–Kier alpha value is -3.79. The molecule has 0 saturated carbocycles. The van der Waals surface area contributed by atoms with Gasteiger partial charge in [-0.05, 0) is 57.8 Å². The highest BCUT2D eigenvalue weighted by molar-refractivity contribution is 6.05. The minimum absolute atomic E-state index is 0.0262. The molecule has 1 aliphatic heterocycles. The standard InChI is InChI=1S/C43H74N6O9/c1-17-27(6)38(48(12)42(53)35(25(2)3)45-41(52)37(26(4)5)47(10)11)33(57-15)22-34(50)49-24-32(56-14)23-43(49,9)39(58-16)28(7)40(51)44-29(8)36(46-54)30-19-18-20-31(21-30)55-13/h18-21,25-29,32-33,35,37-39,54H,17,22-24H2,1-16H3,(H,44,51)(H,45,52)/b46-36-/t27?,28-,29-,32-,33-,35+,37+,38+,39-,43+/m1/s1. The number of likely N-dealkylation sites (N-methyl/N-ethyl adjacent to an activating group) is 2. The Morgan fingerprint density at radius 1 is 0.948 bits per heavy atom. The fourth-order valence-corrected chi connectivity index (χ4v) is 8.70. The maximum absolute atomic E-state index is 14.6. The van der Waals surface area contributed by atoms with Crippen LogP contribution >= 0.6 is 0 Å². The molecule has 15 heteroatoms. The van der Waals surface area contributed by atoms with Gasteiger partial charge >= 0.3 is 0 Å². The summed E-state index contributed by atoms with van der Waals surface area (Å²) in [6.45, 7) is 17.4. The van der Waals surface area contributed by atoms with Crippen molar-refractivity contribution in [2.24, 2.45) is 28.8 Å². The predicted molar refractivity (Wildman–Crippen MR) is 225 cm³/mol. The summed E-state index contributed by atoms with van der Waals surface area (Å²) >= 11 is 0. The monoisotopic (exact) mass is 819 g/mol. The van der Waals surface area contributed by atoms with E-state index in [0.29, 0.717) is 24.2 Å². The average Bonchev–Trinajstić information content (AvgIpc) is 3.53. The number of hydrogen-bond acceptors (Lipinski definition) is 11. The first kappa shape index (κ1) is 50.4. The Labute approximate surface area is 347 Å².